The first-order valence-corrected chi connectivity index (χ1v) is 6.76. The van der Waals surface area contributed by atoms with Crippen molar-refractivity contribution in [1.82, 2.24) is 15.1 Å². The van der Waals surface area contributed by atoms with Crippen molar-refractivity contribution in [3.05, 3.63) is 0 Å². The Labute approximate surface area is 100 Å². The van der Waals surface area contributed by atoms with E-state index < -0.39 is 0 Å². The van der Waals surface area contributed by atoms with Gasteiger partial charge in [-0.2, -0.15) is 0 Å². The van der Waals surface area contributed by atoms with Gasteiger partial charge in [0.05, 0.1) is 0 Å². The van der Waals surface area contributed by atoms with Gasteiger partial charge in [-0.3, -0.25) is 0 Å². The first kappa shape index (κ1) is 12.3. The van der Waals surface area contributed by atoms with Crippen molar-refractivity contribution in [2.45, 2.75) is 37.8 Å². The molecule has 94 valence electrons. The fourth-order valence-electron chi connectivity index (χ4n) is 3.04. The summed E-state index contributed by atoms with van der Waals surface area (Å²) in [4.78, 5) is 5.02. The molecule has 2 fully saturated rings. The minimum atomic E-state index is 0.743. The molecule has 1 aliphatic heterocycles. The number of hydrogen-bond acceptors (Lipinski definition) is 3. The highest BCUT2D eigenvalue weighted by atomic mass is 15.3. The zero-order valence-electron chi connectivity index (χ0n) is 11.1. The summed E-state index contributed by atoms with van der Waals surface area (Å²) in [6.07, 6.45) is 5.65. The Morgan fingerprint density at radius 1 is 1.25 bits per heavy atom. The second kappa shape index (κ2) is 5.48. The van der Waals surface area contributed by atoms with Gasteiger partial charge in [0.25, 0.3) is 0 Å². The largest absolute Gasteiger partial charge is 0.317 e. The topological polar surface area (TPSA) is 18.5 Å². The number of nitrogens with zero attached hydrogens (tertiary/aromatic N) is 2. The zero-order valence-corrected chi connectivity index (χ0v) is 11.1. The Morgan fingerprint density at radius 2 is 2.00 bits per heavy atom. The lowest BCUT2D eigenvalue weighted by Gasteiger charge is -2.42. The number of piperazine rings is 1. The van der Waals surface area contributed by atoms with Crippen LogP contribution >= 0.6 is 0 Å². The van der Waals surface area contributed by atoms with Gasteiger partial charge < -0.3 is 15.1 Å². The van der Waals surface area contributed by atoms with Crippen LogP contribution < -0.4 is 5.32 Å². The van der Waals surface area contributed by atoms with Gasteiger partial charge in [0, 0.05) is 31.7 Å². The van der Waals surface area contributed by atoms with Crippen LogP contribution in [0.1, 0.15) is 25.7 Å². The van der Waals surface area contributed by atoms with Crippen LogP contribution in [0.2, 0.25) is 0 Å². The average molecular weight is 225 g/mol. The van der Waals surface area contributed by atoms with Crippen LogP contribution in [-0.2, 0) is 0 Å². The fraction of sp³-hybridized carbons (Fsp3) is 1.00. The van der Waals surface area contributed by atoms with E-state index in [1.54, 1.807) is 0 Å². The summed E-state index contributed by atoms with van der Waals surface area (Å²) in [7, 11) is 6.67. The molecule has 1 saturated heterocycles. The van der Waals surface area contributed by atoms with E-state index in [9.17, 15) is 0 Å². The minimum absolute atomic E-state index is 0.743. The lowest BCUT2D eigenvalue weighted by molar-refractivity contribution is 0.0873. The lowest BCUT2D eigenvalue weighted by atomic mass is 9.77. The summed E-state index contributed by atoms with van der Waals surface area (Å²) < 4.78 is 0. The van der Waals surface area contributed by atoms with E-state index in [1.165, 1.54) is 45.3 Å². The zero-order chi connectivity index (χ0) is 11.5. The maximum absolute atomic E-state index is 3.54. The average Bonchev–Trinajstić information content (AvgIpc) is 2.19. The first-order valence-electron chi connectivity index (χ1n) is 6.76. The molecule has 0 amide bonds. The molecule has 0 aromatic heterocycles. The molecule has 0 aromatic carbocycles. The van der Waals surface area contributed by atoms with Gasteiger partial charge in [-0.05, 0) is 46.3 Å². The third-order valence-electron chi connectivity index (χ3n) is 4.60. The SMILES string of the molecule is CNC(CC1CN(C)CCN1C)C1CCC1. The van der Waals surface area contributed by atoms with Gasteiger partial charge in [0.1, 0.15) is 0 Å². The van der Waals surface area contributed by atoms with E-state index in [-0.39, 0.29) is 0 Å². The molecule has 0 aromatic rings. The Morgan fingerprint density at radius 3 is 2.56 bits per heavy atom. The fourth-order valence-corrected chi connectivity index (χ4v) is 3.04. The predicted octanol–water partition coefficient (Wildman–Crippen LogP) is 1.01. The van der Waals surface area contributed by atoms with Gasteiger partial charge in [-0.15, -0.1) is 0 Å². The maximum Gasteiger partial charge on any atom is 0.0235 e. The third-order valence-corrected chi connectivity index (χ3v) is 4.60. The first-order chi connectivity index (χ1) is 7.70. The molecule has 1 saturated carbocycles. The van der Waals surface area contributed by atoms with E-state index in [2.05, 4.69) is 36.3 Å². The smallest absolute Gasteiger partial charge is 0.0235 e. The molecule has 3 nitrogen and oxygen atoms in total. The predicted molar refractivity (Wildman–Crippen MR) is 68.7 cm³/mol. The minimum Gasteiger partial charge on any atom is -0.317 e. The van der Waals surface area contributed by atoms with Gasteiger partial charge in [0.15, 0.2) is 0 Å². The molecular formula is C13H27N3. The monoisotopic (exact) mass is 225 g/mol. The van der Waals surface area contributed by atoms with E-state index in [0.29, 0.717) is 0 Å². The molecule has 16 heavy (non-hydrogen) atoms. The van der Waals surface area contributed by atoms with Crippen molar-refractivity contribution in [2.24, 2.45) is 5.92 Å². The molecule has 3 heteroatoms. The van der Waals surface area contributed by atoms with Gasteiger partial charge in [-0.25, -0.2) is 0 Å². The molecule has 0 radical (unpaired) electrons. The Hall–Kier alpha value is -0.120. The van der Waals surface area contributed by atoms with Crippen LogP contribution in [0.25, 0.3) is 0 Å². The van der Waals surface area contributed by atoms with Gasteiger partial charge in [-0.1, -0.05) is 6.42 Å². The van der Waals surface area contributed by atoms with Crippen molar-refractivity contribution in [3.63, 3.8) is 0 Å². The highest BCUT2D eigenvalue weighted by Crippen LogP contribution is 2.32. The van der Waals surface area contributed by atoms with Crippen LogP contribution in [0.3, 0.4) is 0 Å². The van der Waals surface area contributed by atoms with Gasteiger partial charge in [0.2, 0.25) is 0 Å². The maximum atomic E-state index is 3.54. The molecule has 2 rings (SSSR count). The third kappa shape index (κ3) is 2.76. The molecule has 0 spiro atoms. The van der Waals surface area contributed by atoms with Crippen molar-refractivity contribution in [2.75, 3.05) is 40.8 Å². The summed E-state index contributed by atoms with van der Waals surface area (Å²) in [5, 5.41) is 3.54. The molecule has 2 unspecified atom stereocenters. The van der Waals surface area contributed by atoms with Crippen LogP contribution in [0.15, 0.2) is 0 Å². The number of nitrogens with one attached hydrogen (secondary N) is 1. The lowest BCUT2D eigenvalue weighted by Crippen LogP contribution is -2.53. The van der Waals surface area contributed by atoms with E-state index in [1.807, 2.05) is 0 Å². The highest BCUT2D eigenvalue weighted by Gasteiger charge is 2.31. The molecular weight excluding hydrogens is 198 g/mol. The summed E-state index contributed by atoms with van der Waals surface area (Å²) in [6, 6.07) is 1.49. The molecule has 1 heterocycles. The van der Waals surface area contributed by atoms with Crippen LogP contribution in [0, 0.1) is 5.92 Å². The van der Waals surface area contributed by atoms with E-state index in [0.717, 1.165) is 18.0 Å². The van der Waals surface area contributed by atoms with Crippen LogP contribution in [0.5, 0.6) is 0 Å². The summed E-state index contributed by atoms with van der Waals surface area (Å²) in [5.74, 6) is 0.950. The van der Waals surface area contributed by atoms with Crippen molar-refractivity contribution >= 4 is 0 Å². The number of hydrogen-bond donors (Lipinski definition) is 1. The van der Waals surface area contributed by atoms with Crippen molar-refractivity contribution in [1.29, 1.82) is 0 Å². The van der Waals surface area contributed by atoms with Crippen LogP contribution in [-0.4, -0.2) is 62.7 Å². The van der Waals surface area contributed by atoms with Crippen molar-refractivity contribution in [3.8, 4) is 0 Å². The van der Waals surface area contributed by atoms with Gasteiger partial charge >= 0.3 is 0 Å². The highest BCUT2D eigenvalue weighted by molar-refractivity contribution is 4.88. The standard InChI is InChI=1S/C13H27N3/c1-14-13(11-5-4-6-11)9-12-10-15(2)7-8-16(12)3/h11-14H,4-10H2,1-3H3. The van der Waals surface area contributed by atoms with E-state index in [4.69, 9.17) is 0 Å². The van der Waals surface area contributed by atoms with Crippen LogP contribution in [0.4, 0.5) is 0 Å². The Balaban J connectivity index is 1.85. The molecule has 1 N–H and O–H groups in total. The molecule has 2 atom stereocenters. The summed E-state index contributed by atoms with van der Waals surface area (Å²) >= 11 is 0. The quantitative estimate of drug-likeness (QED) is 0.770. The molecule has 0 bridgehead atoms. The second-order valence-corrected chi connectivity index (χ2v) is 5.72. The Bertz CT molecular complexity index is 215. The Kier molecular flexibility index (Phi) is 4.22. The normalized spacial score (nSPS) is 31.3. The van der Waals surface area contributed by atoms with Crippen molar-refractivity contribution < 1.29 is 0 Å². The molecule has 2 aliphatic rings. The summed E-state index contributed by atoms with van der Waals surface area (Å²) in [5.41, 5.74) is 0. The molecule has 1 aliphatic carbocycles. The number of likely N-dealkylation sites (N-methyl/N-ethyl adjacent to an activating group) is 2. The summed E-state index contributed by atoms with van der Waals surface area (Å²) in [6.45, 7) is 3.68. The second-order valence-electron chi connectivity index (χ2n) is 5.72. The van der Waals surface area contributed by atoms with E-state index >= 15 is 0 Å². The number of rotatable bonds is 4.